The first-order valence-corrected chi connectivity index (χ1v) is 6.83. The molecule has 3 heteroatoms. The Bertz CT molecular complexity index is 350. The van der Waals surface area contributed by atoms with Gasteiger partial charge in [0.2, 0.25) is 0 Å². The molecule has 2 unspecified atom stereocenters. The van der Waals surface area contributed by atoms with Crippen molar-refractivity contribution in [3.63, 3.8) is 0 Å². The standard InChI is InChI=1S/C15H23NO2/c1-18-15-5-3-2-4-14(15)16-11-10-12-6-8-13(17)9-7-12/h6-9,14-17H,2-5,10-11H2,1H3. The van der Waals surface area contributed by atoms with E-state index in [-0.39, 0.29) is 0 Å². The highest BCUT2D eigenvalue weighted by Crippen LogP contribution is 2.20. The van der Waals surface area contributed by atoms with E-state index in [9.17, 15) is 5.11 Å². The molecule has 1 saturated carbocycles. The van der Waals surface area contributed by atoms with E-state index in [4.69, 9.17) is 4.74 Å². The van der Waals surface area contributed by atoms with Gasteiger partial charge in [-0.15, -0.1) is 0 Å². The Morgan fingerprint density at radius 2 is 1.94 bits per heavy atom. The van der Waals surface area contributed by atoms with Gasteiger partial charge >= 0.3 is 0 Å². The number of rotatable bonds is 5. The van der Waals surface area contributed by atoms with Crippen LogP contribution >= 0.6 is 0 Å². The lowest BCUT2D eigenvalue weighted by atomic mass is 9.92. The molecular weight excluding hydrogens is 226 g/mol. The van der Waals surface area contributed by atoms with Crippen LogP contribution in [0.25, 0.3) is 0 Å². The summed E-state index contributed by atoms with van der Waals surface area (Å²) < 4.78 is 5.53. The Balaban J connectivity index is 1.75. The second-order valence-electron chi connectivity index (χ2n) is 5.04. The van der Waals surface area contributed by atoms with E-state index in [1.54, 1.807) is 12.1 Å². The first kappa shape index (κ1) is 13.4. The van der Waals surface area contributed by atoms with Gasteiger partial charge in [-0.2, -0.15) is 0 Å². The molecule has 0 aromatic heterocycles. The van der Waals surface area contributed by atoms with Gasteiger partial charge in [0, 0.05) is 13.2 Å². The van der Waals surface area contributed by atoms with Crippen molar-refractivity contribution < 1.29 is 9.84 Å². The average molecular weight is 249 g/mol. The highest BCUT2D eigenvalue weighted by Gasteiger charge is 2.23. The maximum Gasteiger partial charge on any atom is 0.115 e. The van der Waals surface area contributed by atoms with Gasteiger partial charge in [-0.3, -0.25) is 0 Å². The van der Waals surface area contributed by atoms with Crippen LogP contribution in [-0.2, 0) is 11.2 Å². The predicted molar refractivity (Wildman–Crippen MR) is 72.9 cm³/mol. The Labute approximate surface area is 109 Å². The Morgan fingerprint density at radius 3 is 2.67 bits per heavy atom. The molecule has 1 aromatic carbocycles. The zero-order valence-electron chi connectivity index (χ0n) is 11.1. The molecule has 3 nitrogen and oxygen atoms in total. The van der Waals surface area contributed by atoms with Crippen molar-refractivity contribution >= 4 is 0 Å². The van der Waals surface area contributed by atoms with Crippen molar-refractivity contribution in [1.29, 1.82) is 0 Å². The summed E-state index contributed by atoms with van der Waals surface area (Å²) in [7, 11) is 1.81. The Kier molecular flexibility index (Phi) is 5.02. The number of methoxy groups -OCH3 is 1. The molecule has 0 saturated heterocycles. The van der Waals surface area contributed by atoms with Crippen molar-refractivity contribution in [2.24, 2.45) is 0 Å². The Morgan fingerprint density at radius 1 is 1.22 bits per heavy atom. The number of benzene rings is 1. The van der Waals surface area contributed by atoms with Gasteiger partial charge in [0.25, 0.3) is 0 Å². The molecule has 1 aliphatic carbocycles. The van der Waals surface area contributed by atoms with Crippen LogP contribution < -0.4 is 5.32 Å². The topological polar surface area (TPSA) is 41.5 Å². The summed E-state index contributed by atoms with van der Waals surface area (Å²) in [5.74, 6) is 0.332. The molecule has 0 bridgehead atoms. The van der Waals surface area contributed by atoms with Gasteiger partial charge in [-0.05, 0) is 43.5 Å². The second kappa shape index (κ2) is 6.76. The summed E-state index contributed by atoms with van der Waals surface area (Å²) in [6.45, 7) is 0.968. The summed E-state index contributed by atoms with van der Waals surface area (Å²) >= 11 is 0. The number of phenolic OH excluding ortho intramolecular Hbond substituents is 1. The molecule has 1 aromatic rings. The first-order valence-electron chi connectivity index (χ1n) is 6.83. The van der Waals surface area contributed by atoms with E-state index in [0.29, 0.717) is 17.9 Å². The van der Waals surface area contributed by atoms with Gasteiger partial charge < -0.3 is 15.2 Å². The fourth-order valence-electron chi connectivity index (χ4n) is 2.68. The third-order valence-corrected chi connectivity index (χ3v) is 3.76. The fourth-order valence-corrected chi connectivity index (χ4v) is 2.68. The maximum absolute atomic E-state index is 9.22. The molecule has 1 aliphatic rings. The van der Waals surface area contributed by atoms with E-state index < -0.39 is 0 Å². The highest BCUT2D eigenvalue weighted by molar-refractivity contribution is 5.25. The van der Waals surface area contributed by atoms with Crippen molar-refractivity contribution in [2.75, 3.05) is 13.7 Å². The molecule has 18 heavy (non-hydrogen) atoms. The third kappa shape index (κ3) is 3.72. The maximum atomic E-state index is 9.22. The molecule has 1 fully saturated rings. The van der Waals surface area contributed by atoms with Crippen molar-refractivity contribution in [3.05, 3.63) is 29.8 Å². The molecule has 2 atom stereocenters. The predicted octanol–water partition coefficient (Wildman–Crippen LogP) is 2.48. The minimum absolute atomic E-state index is 0.332. The normalized spacial score (nSPS) is 24.1. The largest absolute Gasteiger partial charge is 0.508 e. The second-order valence-corrected chi connectivity index (χ2v) is 5.04. The summed E-state index contributed by atoms with van der Waals surface area (Å²) in [6, 6.07) is 7.94. The molecule has 2 N–H and O–H groups in total. The summed E-state index contributed by atoms with van der Waals surface area (Å²) in [5, 5.41) is 12.8. The molecular formula is C15H23NO2. The van der Waals surface area contributed by atoms with Gasteiger partial charge in [0.05, 0.1) is 6.10 Å². The fraction of sp³-hybridized carbons (Fsp3) is 0.600. The van der Waals surface area contributed by atoms with Gasteiger partial charge in [0.15, 0.2) is 0 Å². The summed E-state index contributed by atoms with van der Waals surface area (Å²) in [5.41, 5.74) is 1.25. The lowest BCUT2D eigenvalue weighted by Crippen LogP contribution is -2.43. The van der Waals surface area contributed by atoms with Crippen LogP contribution in [0.2, 0.25) is 0 Å². The molecule has 0 amide bonds. The van der Waals surface area contributed by atoms with E-state index in [0.717, 1.165) is 13.0 Å². The van der Waals surface area contributed by atoms with Crippen molar-refractivity contribution in [1.82, 2.24) is 5.32 Å². The van der Waals surface area contributed by atoms with Gasteiger partial charge in [-0.25, -0.2) is 0 Å². The van der Waals surface area contributed by atoms with E-state index in [1.165, 1.54) is 31.2 Å². The lowest BCUT2D eigenvalue weighted by molar-refractivity contribution is 0.0421. The van der Waals surface area contributed by atoms with Crippen LogP contribution in [0.4, 0.5) is 0 Å². The zero-order valence-corrected chi connectivity index (χ0v) is 11.1. The van der Waals surface area contributed by atoms with Crippen LogP contribution in [0.15, 0.2) is 24.3 Å². The van der Waals surface area contributed by atoms with Crippen LogP contribution in [0.3, 0.4) is 0 Å². The summed E-state index contributed by atoms with van der Waals surface area (Å²) in [4.78, 5) is 0. The SMILES string of the molecule is COC1CCCCC1NCCc1ccc(O)cc1. The minimum atomic E-state index is 0.332. The summed E-state index contributed by atoms with van der Waals surface area (Å²) in [6.07, 6.45) is 6.35. The quantitative estimate of drug-likeness (QED) is 0.842. The van der Waals surface area contributed by atoms with Gasteiger partial charge in [0.1, 0.15) is 5.75 Å². The monoisotopic (exact) mass is 249 g/mol. The molecule has 0 aliphatic heterocycles. The number of ether oxygens (including phenoxy) is 1. The number of nitrogens with one attached hydrogen (secondary N) is 1. The number of hydrogen-bond acceptors (Lipinski definition) is 3. The van der Waals surface area contributed by atoms with Crippen molar-refractivity contribution in [2.45, 2.75) is 44.2 Å². The highest BCUT2D eigenvalue weighted by atomic mass is 16.5. The van der Waals surface area contributed by atoms with Gasteiger partial charge in [-0.1, -0.05) is 25.0 Å². The number of aromatic hydroxyl groups is 1. The molecule has 0 heterocycles. The number of hydrogen-bond donors (Lipinski definition) is 2. The van der Waals surface area contributed by atoms with E-state index >= 15 is 0 Å². The Hall–Kier alpha value is -1.06. The van der Waals surface area contributed by atoms with Crippen LogP contribution in [0.5, 0.6) is 5.75 Å². The zero-order chi connectivity index (χ0) is 12.8. The number of phenols is 1. The van der Waals surface area contributed by atoms with Crippen LogP contribution in [-0.4, -0.2) is 30.9 Å². The van der Waals surface area contributed by atoms with Crippen LogP contribution in [0.1, 0.15) is 31.2 Å². The third-order valence-electron chi connectivity index (χ3n) is 3.76. The van der Waals surface area contributed by atoms with Crippen LogP contribution in [0, 0.1) is 0 Å². The minimum Gasteiger partial charge on any atom is -0.508 e. The molecule has 0 spiro atoms. The van der Waals surface area contributed by atoms with E-state index in [1.807, 2.05) is 19.2 Å². The molecule has 0 radical (unpaired) electrons. The average Bonchev–Trinajstić information content (AvgIpc) is 2.41. The first-order chi connectivity index (χ1) is 8.79. The van der Waals surface area contributed by atoms with E-state index in [2.05, 4.69) is 5.32 Å². The molecule has 100 valence electrons. The smallest absolute Gasteiger partial charge is 0.115 e. The molecule has 2 rings (SSSR count). The van der Waals surface area contributed by atoms with Crippen molar-refractivity contribution in [3.8, 4) is 5.75 Å². The lowest BCUT2D eigenvalue weighted by Gasteiger charge is -2.31.